The number of fused-ring (bicyclic) bond motifs is 2. The normalized spacial score (nSPS) is 25.5. The second-order valence-corrected chi connectivity index (χ2v) is 13.8. The van der Waals surface area contributed by atoms with Crippen LogP contribution in [0.25, 0.3) is 11.8 Å². The molecule has 3 atom stereocenters. The Morgan fingerprint density at radius 2 is 1.76 bits per heavy atom. The van der Waals surface area contributed by atoms with Crippen LogP contribution >= 0.6 is 0 Å². The topological polar surface area (TPSA) is 67.7 Å². The Morgan fingerprint density at radius 1 is 1.02 bits per heavy atom. The molecule has 1 saturated carbocycles. The molecule has 7 nitrogen and oxygen atoms in total. The second kappa shape index (κ2) is 10.0. The molecule has 0 spiro atoms. The minimum atomic E-state index is -3.77. The largest absolute Gasteiger partial charge is 0.380 e. The first-order valence-corrected chi connectivity index (χ1v) is 15.8. The molecule has 2 saturated heterocycles. The van der Waals surface area contributed by atoms with Crippen molar-refractivity contribution in [3.63, 3.8) is 0 Å². The van der Waals surface area contributed by atoms with Gasteiger partial charge < -0.3 is 9.64 Å². The van der Waals surface area contributed by atoms with Gasteiger partial charge in [0.2, 0.25) is 10.0 Å². The summed E-state index contributed by atoms with van der Waals surface area (Å²) < 4.78 is 64.9. The highest BCUT2D eigenvalue weighted by Crippen LogP contribution is 2.53. The zero-order valence-electron chi connectivity index (χ0n) is 23.0. The van der Waals surface area contributed by atoms with Crippen LogP contribution in [0.2, 0.25) is 0 Å². The lowest BCUT2D eigenvalue weighted by Gasteiger charge is -2.50. The smallest absolute Gasteiger partial charge is 0.243 e. The first-order valence-electron chi connectivity index (χ1n) is 14.3. The molecule has 216 valence electrons. The number of hydrogen-bond donors (Lipinski definition) is 0. The molecule has 0 bridgehead atoms. The van der Waals surface area contributed by atoms with Gasteiger partial charge in [-0.2, -0.15) is 9.40 Å². The lowest BCUT2D eigenvalue weighted by Crippen LogP contribution is -2.55. The number of hydrogen-bond acceptors (Lipinski definition) is 5. The van der Waals surface area contributed by atoms with Gasteiger partial charge in [0.25, 0.3) is 0 Å². The quantitative estimate of drug-likeness (QED) is 0.393. The summed E-state index contributed by atoms with van der Waals surface area (Å²) in [6.07, 6.45) is 6.90. The molecule has 2 aromatic carbocycles. The van der Waals surface area contributed by atoms with E-state index in [2.05, 4.69) is 11.2 Å². The van der Waals surface area contributed by atoms with E-state index in [9.17, 15) is 17.2 Å². The molecule has 0 N–H and O–H groups in total. The van der Waals surface area contributed by atoms with Crippen LogP contribution in [0.5, 0.6) is 0 Å². The molecule has 1 unspecified atom stereocenters. The second-order valence-electron chi connectivity index (χ2n) is 11.9. The highest BCUT2D eigenvalue weighted by Gasteiger charge is 2.54. The first kappa shape index (κ1) is 26.8. The fourth-order valence-electron chi connectivity index (χ4n) is 7.13. The van der Waals surface area contributed by atoms with E-state index in [1.54, 1.807) is 47.8 Å². The van der Waals surface area contributed by atoms with Crippen molar-refractivity contribution in [2.45, 2.75) is 49.3 Å². The summed E-state index contributed by atoms with van der Waals surface area (Å²) in [6.45, 7) is 1.68. The third-order valence-corrected chi connectivity index (χ3v) is 11.2. The molecule has 2 aliphatic heterocycles. The maximum atomic E-state index is 14.0. The lowest BCUT2D eigenvalue weighted by molar-refractivity contribution is -0.0260. The minimum absolute atomic E-state index is 0.111. The van der Waals surface area contributed by atoms with Crippen LogP contribution in [0.4, 0.5) is 14.5 Å². The van der Waals surface area contributed by atoms with Gasteiger partial charge in [-0.05, 0) is 98.2 Å². The molecule has 1 aromatic heterocycles. The molecule has 2 aliphatic carbocycles. The SMILES string of the molecule is COC(C1CC1)[C@]12Cc3cnn(-c4ccc(F)cc4)c3C=C1CCN(S(=O)(=O)c1ccc(N3CC[C@@H](F)C3)cc1)C2. The molecule has 10 heteroatoms. The third kappa shape index (κ3) is 4.60. The standard InChI is InChI=1S/C31H34F2N4O3S/c1-40-30(21-2-3-21)31-17-22-18-34-37(27-6-4-24(32)5-7-27)29(22)16-23(31)12-15-36(20-31)41(38,39)28-10-8-26(9-11-28)35-14-13-25(33)19-35/h4-11,16,18,21,25,30H,2-3,12-15,17,19-20H2,1H3/t25-,30?,31+/m1/s1. The Kier molecular flexibility index (Phi) is 6.55. The van der Waals surface area contributed by atoms with E-state index >= 15 is 0 Å². The van der Waals surface area contributed by atoms with Gasteiger partial charge in [-0.3, -0.25) is 0 Å². The molecular formula is C31H34F2N4O3S. The molecule has 3 heterocycles. The Labute approximate surface area is 239 Å². The minimum Gasteiger partial charge on any atom is -0.380 e. The number of benzene rings is 2. The number of rotatable bonds is 7. The number of sulfonamides is 1. The van der Waals surface area contributed by atoms with Crippen LogP contribution < -0.4 is 4.90 Å². The van der Waals surface area contributed by atoms with Crippen molar-refractivity contribution in [3.8, 4) is 5.69 Å². The van der Waals surface area contributed by atoms with E-state index in [-0.39, 0.29) is 16.8 Å². The Morgan fingerprint density at radius 3 is 2.41 bits per heavy atom. The summed E-state index contributed by atoms with van der Waals surface area (Å²) in [5, 5.41) is 4.64. The van der Waals surface area contributed by atoms with Crippen LogP contribution in [-0.2, 0) is 21.2 Å². The van der Waals surface area contributed by atoms with Gasteiger partial charge in [0, 0.05) is 44.4 Å². The number of methoxy groups -OCH3 is 1. The van der Waals surface area contributed by atoms with Crippen molar-refractivity contribution in [1.29, 1.82) is 0 Å². The van der Waals surface area contributed by atoms with Crippen LogP contribution in [0.1, 0.15) is 36.9 Å². The molecular weight excluding hydrogens is 546 g/mol. The van der Waals surface area contributed by atoms with E-state index < -0.39 is 21.6 Å². The molecule has 3 aromatic rings. The van der Waals surface area contributed by atoms with E-state index in [0.717, 1.165) is 35.5 Å². The molecule has 3 fully saturated rings. The Hall–Kier alpha value is -3.08. The zero-order chi connectivity index (χ0) is 28.4. The third-order valence-electron chi connectivity index (χ3n) is 9.32. The first-order chi connectivity index (χ1) is 19.8. The van der Waals surface area contributed by atoms with Gasteiger partial charge in [0.15, 0.2) is 0 Å². The van der Waals surface area contributed by atoms with E-state index in [1.807, 2.05) is 15.8 Å². The van der Waals surface area contributed by atoms with Crippen molar-refractivity contribution in [2.75, 3.05) is 38.2 Å². The summed E-state index contributed by atoms with van der Waals surface area (Å²) >= 11 is 0. The van der Waals surface area contributed by atoms with Gasteiger partial charge in [-0.1, -0.05) is 5.57 Å². The lowest BCUT2D eigenvalue weighted by atomic mass is 9.64. The molecule has 41 heavy (non-hydrogen) atoms. The van der Waals surface area contributed by atoms with E-state index in [1.165, 1.54) is 17.7 Å². The number of anilines is 1. The van der Waals surface area contributed by atoms with Crippen LogP contribution in [0, 0.1) is 17.2 Å². The van der Waals surface area contributed by atoms with Crippen molar-refractivity contribution < 1.29 is 21.9 Å². The van der Waals surface area contributed by atoms with Gasteiger partial charge in [0.1, 0.15) is 12.0 Å². The van der Waals surface area contributed by atoms with Crippen molar-refractivity contribution >= 4 is 21.8 Å². The molecule has 7 rings (SSSR count). The van der Waals surface area contributed by atoms with Crippen LogP contribution in [0.15, 0.2) is 65.2 Å². The maximum Gasteiger partial charge on any atom is 0.243 e. The fourth-order valence-corrected chi connectivity index (χ4v) is 8.64. The number of aromatic nitrogens is 2. The van der Waals surface area contributed by atoms with Crippen LogP contribution in [-0.4, -0.2) is 68.1 Å². The Balaban J connectivity index is 1.22. The van der Waals surface area contributed by atoms with Gasteiger partial charge in [0.05, 0.1) is 28.6 Å². The van der Waals surface area contributed by atoms with Crippen molar-refractivity contribution in [2.24, 2.45) is 11.3 Å². The molecule has 4 aliphatic rings. The summed E-state index contributed by atoms with van der Waals surface area (Å²) in [6, 6.07) is 13.1. The monoisotopic (exact) mass is 580 g/mol. The zero-order valence-corrected chi connectivity index (χ0v) is 23.9. The predicted octanol–water partition coefficient (Wildman–Crippen LogP) is 5.01. The number of alkyl halides is 1. The summed E-state index contributed by atoms with van der Waals surface area (Å²) in [4.78, 5) is 2.21. The average molecular weight is 581 g/mol. The number of piperidine rings is 1. The Bertz CT molecular complexity index is 1580. The molecule has 0 amide bonds. The summed E-state index contributed by atoms with van der Waals surface area (Å²) in [5.41, 5.74) is 4.29. The van der Waals surface area contributed by atoms with Gasteiger partial charge in [-0.25, -0.2) is 21.9 Å². The van der Waals surface area contributed by atoms with E-state index in [4.69, 9.17) is 4.74 Å². The van der Waals surface area contributed by atoms with Gasteiger partial charge >= 0.3 is 0 Å². The highest BCUT2D eigenvalue weighted by atomic mass is 32.2. The number of ether oxygens (including phenoxy) is 1. The van der Waals surface area contributed by atoms with Gasteiger partial charge in [-0.15, -0.1) is 0 Å². The highest BCUT2D eigenvalue weighted by molar-refractivity contribution is 7.89. The number of halogens is 2. The predicted molar refractivity (Wildman–Crippen MR) is 153 cm³/mol. The van der Waals surface area contributed by atoms with Crippen molar-refractivity contribution in [1.82, 2.24) is 14.1 Å². The van der Waals surface area contributed by atoms with Crippen LogP contribution in [0.3, 0.4) is 0 Å². The average Bonchev–Trinajstić information content (AvgIpc) is 3.58. The van der Waals surface area contributed by atoms with Crippen molar-refractivity contribution in [3.05, 3.63) is 77.4 Å². The summed E-state index contributed by atoms with van der Waals surface area (Å²) in [5.74, 6) is 0.0889. The fraction of sp³-hybridized carbons (Fsp3) is 0.452. The number of nitrogens with zero attached hydrogens (tertiary/aromatic N) is 4. The maximum absolute atomic E-state index is 14.0. The van der Waals surface area contributed by atoms with E-state index in [0.29, 0.717) is 51.4 Å². The summed E-state index contributed by atoms with van der Waals surface area (Å²) in [7, 11) is -2.03. The molecule has 0 radical (unpaired) electrons.